The number of rotatable bonds is 15. The molecule has 0 saturated carbocycles. The Kier molecular flexibility index (Phi) is 14.0. The Morgan fingerprint density at radius 2 is 1.54 bits per heavy atom. The minimum atomic E-state index is -1.01. The number of nitrogens with one attached hydrogen (secondary N) is 4. The third kappa shape index (κ3) is 12.8. The summed E-state index contributed by atoms with van der Waals surface area (Å²) >= 11 is 0. The number of amides is 5. The largest absolute Gasteiger partial charge is 0.445 e. The molecule has 0 saturated heterocycles. The minimum Gasteiger partial charge on any atom is -0.445 e. The lowest BCUT2D eigenvalue weighted by Crippen LogP contribution is -2.58. The van der Waals surface area contributed by atoms with E-state index in [1.807, 2.05) is 38.1 Å². The van der Waals surface area contributed by atoms with Crippen LogP contribution >= 0.6 is 0 Å². The zero-order chi connectivity index (χ0) is 29.5. The first kappa shape index (κ1) is 32.9. The smallest absolute Gasteiger partial charge is 0.408 e. The van der Waals surface area contributed by atoms with Gasteiger partial charge >= 0.3 is 6.09 Å². The van der Waals surface area contributed by atoms with E-state index in [0.29, 0.717) is 0 Å². The zero-order valence-electron chi connectivity index (χ0n) is 23.2. The molecule has 0 aliphatic rings. The molecule has 0 spiro atoms. The molecule has 6 N–H and O–H groups in total. The Morgan fingerprint density at radius 1 is 0.897 bits per heavy atom. The lowest BCUT2D eigenvalue weighted by Gasteiger charge is -2.27. The molecule has 12 heteroatoms. The molecule has 0 aromatic heterocycles. The predicted molar refractivity (Wildman–Crippen MR) is 143 cm³/mol. The summed E-state index contributed by atoms with van der Waals surface area (Å²) in [6.45, 7) is 8.68. The van der Waals surface area contributed by atoms with Gasteiger partial charge in [-0.3, -0.25) is 19.2 Å². The van der Waals surface area contributed by atoms with Gasteiger partial charge in [0.2, 0.25) is 23.6 Å². The van der Waals surface area contributed by atoms with E-state index in [2.05, 4.69) is 21.3 Å². The standard InChI is InChI=1S/C27H40N6O6/c1-16(2)13-21(25(36)31-20(14-28)11-12-22(29)34)32-26(37)23(17(3)4)33-24(35)18(5)30-27(38)39-15-19-9-7-6-8-10-19/h6-10,16-18,20-21,23H,11-13,15H2,1-5H3,(H2,29,34)(H,30,38)(H,31,36)(H,32,37)(H,33,35). The van der Waals surface area contributed by atoms with Crippen LogP contribution in [0.3, 0.4) is 0 Å². The number of benzene rings is 1. The van der Waals surface area contributed by atoms with Crippen molar-refractivity contribution in [2.75, 3.05) is 0 Å². The Bertz CT molecular complexity index is 1020. The van der Waals surface area contributed by atoms with Crippen LogP contribution in [-0.4, -0.2) is 53.9 Å². The summed E-state index contributed by atoms with van der Waals surface area (Å²) in [4.78, 5) is 62.0. The SMILES string of the molecule is CC(C)CC(NC(=O)C(NC(=O)C(C)NC(=O)OCc1ccccc1)C(C)C)C(=O)NC(C#N)CCC(N)=O. The number of alkyl carbamates (subject to hydrolysis) is 1. The summed E-state index contributed by atoms with van der Waals surface area (Å²) in [5.74, 6) is -2.72. The zero-order valence-corrected chi connectivity index (χ0v) is 23.2. The van der Waals surface area contributed by atoms with E-state index < -0.39 is 53.9 Å². The van der Waals surface area contributed by atoms with E-state index in [9.17, 15) is 29.2 Å². The summed E-state index contributed by atoms with van der Waals surface area (Å²) in [5.41, 5.74) is 5.91. The van der Waals surface area contributed by atoms with Gasteiger partial charge in [0, 0.05) is 6.42 Å². The number of carbonyl (C=O) groups excluding carboxylic acids is 5. The number of nitriles is 1. The van der Waals surface area contributed by atoms with Crippen LogP contribution in [0, 0.1) is 23.2 Å². The fourth-order valence-electron chi connectivity index (χ4n) is 3.51. The van der Waals surface area contributed by atoms with Crippen LogP contribution in [0.15, 0.2) is 30.3 Å². The normalized spacial score (nSPS) is 13.8. The van der Waals surface area contributed by atoms with Gasteiger partial charge in [-0.2, -0.15) is 5.26 Å². The van der Waals surface area contributed by atoms with Crippen LogP contribution in [-0.2, 0) is 30.5 Å². The molecule has 214 valence electrons. The molecule has 0 bridgehead atoms. The monoisotopic (exact) mass is 544 g/mol. The van der Waals surface area contributed by atoms with Crippen molar-refractivity contribution in [2.45, 2.75) is 84.7 Å². The Labute approximate surface area is 229 Å². The third-order valence-electron chi connectivity index (χ3n) is 5.68. The minimum absolute atomic E-state index is 0.0189. The van der Waals surface area contributed by atoms with Crippen molar-refractivity contribution in [3.05, 3.63) is 35.9 Å². The van der Waals surface area contributed by atoms with E-state index in [-0.39, 0.29) is 37.7 Å². The van der Waals surface area contributed by atoms with E-state index in [1.54, 1.807) is 26.0 Å². The van der Waals surface area contributed by atoms with Gasteiger partial charge in [0.1, 0.15) is 30.8 Å². The van der Waals surface area contributed by atoms with Crippen LogP contribution in [0.2, 0.25) is 0 Å². The van der Waals surface area contributed by atoms with Crippen molar-refractivity contribution >= 4 is 29.7 Å². The van der Waals surface area contributed by atoms with Crippen LogP contribution in [0.1, 0.15) is 59.4 Å². The quantitative estimate of drug-likeness (QED) is 0.219. The van der Waals surface area contributed by atoms with Gasteiger partial charge in [0.05, 0.1) is 6.07 Å². The van der Waals surface area contributed by atoms with Crippen LogP contribution in [0.5, 0.6) is 0 Å². The van der Waals surface area contributed by atoms with Crippen molar-refractivity contribution in [3.8, 4) is 6.07 Å². The molecule has 0 fully saturated rings. The molecule has 0 aliphatic heterocycles. The van der Waals surface area contributed by atoms with Gasteiger partial charge in [-0.05, 0) is 37.2 Å². The highest BCUT2D eigenvalue weighted by atomic mass is 16.5. The van der Waals surface area contributed by atoms with Gasteiger partial charge in [-0.1, -0.05) is 58.0 Å². The maximum Gasteiger partial charge on any atom is 0.408 e. The first-order valence-corrected chi connectivity index (χ1v) is 12.9. The molecule has 12 nitrogen and oxygen atoms in total. The van der Waals surface area contributed by atoms with Crippen molar-refractivity contribution in [1.29, 1.82) is 5.26 Å². The fourth-order valence-corrected chi connectivity index (χ4v) is 3.51. The van der Waals surface area contributed by atoms with E-state index >= 15 is 0 Å². The van der Waals surface area contributed by atoms with Crippen molar-refractivity contribution in [2.24, 2.45) is 17.6 Å². The molecule has 1 rings (SSSR count). The average molecular weight is 545 g/mol. The molecule has 0 heterocycles. The molecule has 39 heavy (non-hydrogen) atoms. The van der Waals surface area contributed by atoms with Crippen LogP contribution < -0.4 is 27.0 Å². The Balaban J connectivity index is 2.79. The highest BCUT2D eigenvalue weighted by Crippen LogP contribution is 2.09. The molecule has 5 amide bonds. The number of nitrogens with two attached hydrogens (primary N) is 1. The topological polar surface area (TPSA) is 193 Å². The number of hydrogen-bond acceptors (Lipinski definition) is 7. The lowest BCUT2D eigenvalue weighted by atomic mass is 9.99. The summed E-state index contributed by atoms with van der Waals surface area (Å²) < 4.78 is 5.13. The lowest BCUT2D eigenvalue weighted by molar-refractivity contribution is -0.133. The summed E-state index contributed by atoms with van der Waals surface area (Å²) in [6.07, 6.45) is -0.546. The summed E-state index contributed by atoms with van der Waals surface area (Å²) in [5, 5.41) is 19.6. The maximum absolute atomic E-state index is 13.1. The van der Waals surface area contributed by atoms with Gasteiger partial charge in [0.15, 0.2) is 0 Å². The second kappa shape index (κ2) is 16.7. The molecule has 1 aromatic carbocycles. The summed E-state index contributed by atoms with van der Waals surface area (Å²) in [6, 6.07) is 7.01. The Morgan fingerprint density at radius 3 is 2.08 bits per heavy atom. The third-order valence-corrected chi connectivity index (χ3v) is 5.68. The van der Waals surface area contributed by atoms with Crippen molar-refractivity contribution in [1.82, 2.24) is 21.3 Å². The first-order valence-electron chi connectivity index (χ1n) is 12.9. The molecule has 0 radical (unpaired) electrons. The predicted octanol–water partition coefficient (Wildman–Crippen LogP) is 1.25. The first-order chi connectivity index (χ1) is 18.3. The number of nitrogens with zero attached hydrogens (tertiary/aromatic N) is 1. The number of primary amides is 1. The average Bonchev–Trinajstić information content (AvgIpc) is 2.87. The highest BCUT2D eigenvalue weighted by Gasteiger charge is 2.31. The van der Waals surface area contributed by atoms with Gasteiger partial charge in [-0.15, -0.1) is 0 Å². The number of hydrogen-bond donors (Lipinski definition) is 5. The van der Waals surface area contributed by atoms with Crippen LogP contribution in [0.4, 0.5) is 4.79 Å². The number of carbonyl (C=O) groups is 5. The van der Waals surface area contributed by atoms with Crippen molar-refractivity contribution in [3.63, 3.8) is 0 Å². The second-order valence-corrected chi connectivity index (χ2v) is 10.0. The summed E-state index contributed by atoms with van der Waals surface area (Å²) in [7, 11) is 0. The van der Waals surface area contributed by atoms with E-state index in [1.165, 1.54) is 6.92 Å². The molecule has 4 atom stereocenters. The fraction of sp³-hybridized carbons (Fsp3) is 0.556. The highest BCUT2D eigenvalue weighted by molar-refractivity contribution is 5.94. The molecular weight excluding hydrogens is 504 g/mol. The molecule has 0 aliphatic carbocycles. The molecule has 1 aromatic rings. The van der Waals surface area contributed by atoms with Crippen molar-refractivity contribution < 1.29 is 28.7 Å². The molecule has 4 unspecified atom stereocenters. The van der Waals surface area contributed by atoms with Gasteiger partial charge in [0.25, 0.3) is 0 Å². The van der Waals surface area contributed by atoms with Gasteiger partial charge in [-0.25, -0.2) is 4.79 Å². The van der Waals surface area contributed by atoms with Gasteiger partial charge < -0.3 is 31.7 Å². The molecular formula is C27H40N6O6. The number of ether oxygens (including phenoxy) is 1. The van der Waals surface area contributed by atoms with E-state index in [4.69, 9.17) is 10.5 Å². The van der Waals surface area contributed by atoms with E-state index in [0.717, 1.165) is 5.56 Å². The Hall–Kier alpha value is -4.14. The van der Waals surface area contributed by atoms with Crippen LogP contribution in [0.25, 0.3) is 0 Å². The second-order valence-electron chi connectivity index (χ2n) is 10.0. The maximum atomic E-state index is 13.1.